The first kappa shape index (κ1) is 17.2. The van der Waals surface area contributed by atoms with Crippen LogP contribution in [0.4, 0.5) is 0 Å². The molecular weight excluding hydrogens is 176 g/mol. The van der Waals surface area contributed by atoms with Crippen LogP contribution in [-0.2, 0) is 6.54 Å². The molecular formula is C12H17BLiN-2. The Bertz CT molecular complexity index is 244. The van der Waals surface area contributed by atoms with Crippen molar-refractivity contribution in [3.05, 3.63) is 51.1 Å². The van der Waals surface area contributed by atoms with E-state index in [4.69, 9.17) is 7.85 Å². The summed E-state index contributed by atoms with van der Waals surface area (Å²) in [6.07, 6.45) is 0. The zero-order valence-electron chi connectivity index (χ0n) is 9.87. The summed E-state index contributed by atoms with van der Waals surface area (Å²) in [7, 11) is 5.58. The van der Waals surface area contributed by atoms with Crippen molar-refractivity contribution in [1.82, 2.24) is 4.90 Å². The number of nitrogens with zero attached hydrogens (tertiary/aromatic N) is 1. The molecule has 0 N–H and O–H groups in total. The zero-order valence-corrected chi connectivity index (χ0v) is 9.87. The monoisotopic (exact) mass is 193 g/mol. The minimum absolute atomic E-state index is 0. The van der Waals surface area contributed by atoms with Crippen molar-refractivity contribution < 1.29 is 18.9 Å². The molecule has 0 heterocycles. The Morgan fingerprint density at radius 1 is 1.07 bits per heavy atom. The average Bonchev–Trinajstić information content (AvgIpc) is 2.17. The largest absolute Gasteiger partial charge is 1.00 e. The van der Waals surface area contributed by atoms with Gasteiger partial charge in [-0.15, -0.1) is 13.1 Å². The maximum Gasteiger partial charge on any atom is 1.00 e. The molecule has 0 fully saturated rings. The van der Waals surface area contributed by atoms with Crippen LogP contribution >= 0.6 is 0 Å². The summed E-state index contributed by atoms with van der Waals surface area (Å²) < 4.78 is 0. The summed E-state index contributed by atoms with van der Waals surface area (Å²) >= 11 is 0. The second-order valence-electron chi connectivity index (χ2n) is 3.02. The van der Waals surface area contributed by atoms with Gasteiger partial charge in [0.2, 0.25) is 0 Å². The topological polar surface area (TPSA) is 3.24 Å². The number of rotatable bonds is 4. The Hall–Kier alpha value is -0.158. The summed E-state index contributed by atoms with van der Waals surface area (Å²) in [5.41, 5.74) is 2.06. The van der Waals surface area contributed by atoms with Crippen LogP contribution in [0.25, 0.3) is 0 Å². The minimum Gasteiger partial charge on any atom is -0.359 e. The molecule has 1 aromatic carbocycles. The number of hydrogen-bond donors (Lipinski definition) is 0. The van der Waals surface area contributed by atoms with E-state index >= 15 is 0 Å². The molecule has 0 atom stereocenters. The van der Waals surface area contributed by atoms with Gasteiger partial charge in [0.05, 0.1) is 0 Å². The molecule has 1 nitrogen and oxygen atoms in total. The van der Waals surface area contributed by atoms with E-state index in [0.29, 0.717) is 0 Å². The molecule has 2 radical (unpaired) electrons. The van der Waals surface area contributed by atoms with E-state index in [2.05, 4.69) is 18.7 Å². The minimum atomic E-state index is 0. The molecule has 0 unspecified atom stereocenters. The first-order valence-electron chi connectivity index (χ1n) is 4.41. The van der Waals surface area contributed by atoms with Crippen LogP contribution in [0, 0.1) is 21.3 Å². The van der Waals surface area contributed by atoms with E-state index in [1.807, 2.05) is 24.3 Å². The van der Waals surface area contributed by atoms with Crippen molar-refractivity contribution in [3.8, 4) is 0 Å². The second-order valence-corrected chi connectivity index (χ2v) is 3.02. The molecule has 0 saturated carbocycles. The van der Waals surface area contributed by atoms with Crippen LogP contribution < -0.4 is 24.3 Å². The second kappa shape index (κ2) is 9.10. The summed E-state index contributed by atoms with van der Waals surface area (Å²) in [5.74, 6) is 0. The predicted octanol–water partition coefficient (Wildman–Crippen LogP) is -1.60. The van der Waals surface area contributed by atoms with E-state index in [9.17, 15) is 0 Å². The first-order chi connectivity index (χ1) is 6.26. The molecule has 0 saturated heterocycles. The van der Waals surface area contributed by atoms with Crippen LogP contribution in [0.15, 0.2) is 24.3 Å². The summed E-state index contributed by atoms with van der Waals surface area (Å²) in [6, 6.07) is 7.90. The fourth-order valence-corrected chi connectivity index (χ4v) is 1.15. The number of benzene rings is 1. The Labute approximate surface area is 108 Å². The third-order valence-corrected chi connectivity index (χ3v) is 2.02. The van der Waals surface area contributed by atoms with E-state index in [-0.39, 0.29) is 26.3 Å². The maximum absolute atomic E-state index is 5.58. The van der Waals surface area contributed by atoms with Gasteiger partial charge in [0.15, 0.2) is 0 Å². The van der Waals surface area contributed by atoms with Gasteiger partial charge >= 0.3 is 18.9 Å². The molecule has 1 aromatic rings. The van der Waals surface area contributed by atoms with Gasteiger partial charge in [0.1, 0.15) is 7.85 Å². The number of hydrogen-bond acceptors (Lipinski definition) is 1. The Balaban J connectivity index is 0. The molecule has 0 aromatic heterocycles. The van der Waals surface area contributed by atoms with E-state index < -0.39 is 0 Å². The summed E-state index contributed by atoms with van der Waals surface area (Å²) in [5, 5.41) is 0. The molecule has 0 spiro atoms. The predicted molar refractivity (Wildman–Crippen MR) is 64.2 cm³/mol. The fraction of sp³-hybridized carbons (Fsp3) is 0.250. The van der Waals surface area contributed by atoms with Gasteiger partial charge in [-0.2, -0.15) is 0 Å². The molecule has 76 valence electrons. The Kier molecular flexibility index (Phi) is 10.5. The van der Waals surface area contributed by atoms with E-state index in [0.717, 1.165) is 25.1 Å². The molecule has 0 amide bonds. The summed E-state index contributed by atoms with van der Waals surface area (Å²) in [4.78, 5) is 2.16. The quantitative estimate of drug-likeness (QED) is 0.411. The average molecular weight is 193 g/mol. The van der Waals surface area contributed by atoms with Crippen molar-refractivity contribution in [2.45, 2.75) is 6.54 Å². The fourth-order valence-electron chi connectivity index (χ4n) is 1.15. The molecule has 0 aliphatic heterocycles. The first-order valence-corrected chi connectivity index (χ1v) is 4.41. The van der Waals surface area contributed by atoms with Crippen LogP contribution in [0.2, 0.25) is 0 Å². The Morgan fingerprint density at radius 3 is 1.93 bits per heavy atom. The van der Waals surface area contributed by atoms with E-state index in [1.54, 1.807) is 0 Å². The molecule has 0 aliphatic carbocycles. The zero-order chi connectivity index (χ0) is 9.68. The standard InChI is InChI=1S/C11H14BN.CH3.Li/c1-3-13(4-2)9-10-5-7-11(12)8-6-10;;/h5-8H,1-4,9H2;1H3;/q-2;-1;+1. The van der Waals surface area contributed by atoms with Crippen LogP contribution in [0.3, 0.4) is 0 Å². The molecule has 15 heavy (non-hydrogen) atoms. The third kappa shape index (κ3) is 6.10. The van der Waals surface area contributed by atoms with Crippen LogP contribution in [0.1, 0.15) is 5.56 Å². The van der Waals surface area contributed by atoms with Gasteiger partial charge in [-0.3, -0.25) is 0 Å². The van der Waals surface area contributed by atoms with E-state index in [1.165, 1.54) is 5.56 Å². The van der Waals surface area contributed by atoms with Gasteiger partial charge in [0.25, 0.3) is 0 Å². The van der Waals surface area contributed by atoms with Crippen molar-refractivity contribution in [2.24, 2.45) is 0 Å². The van der Waals surface area contributed by atoms with Gasteiger partial charge < -0.3 is 26.2 Å². The normalized spacial score (nSPS) is 9.27. The Morgan fingerprint density at radius 2 is 1.53 bits per heavy atom. The van der Waals surface area contributed by atoms with Gasteiger partial charge in [-0.1, -0.05) is 29.7 Å². The van der Waals surface area contributed by atoms with Crippen molar-refractivity contribution in [2.75, 3.05) is 13.1 Å². The van der Waals surface area contributed by atoms with Crippen molar-refractivity contribution >= 4 is 13.3 Å². The molecule has 3 heteroatoms. The van der Waals surface area contributed by atoms with Gasteiger partial charge in [-0.05, 0) is 5.56 Å². The van der Waals surface area contributed by atoms with Gasteiger partial charge in [-0.25, -0.2) is 0 Å². The molecule has 1 rings (SSSR count). The summed E-state index contributed by atoms with van der Waals surface area (Å²) in [6.45, 7) is 10.1. The molecule has 0 aliphatic rings. The van der Waals surface area contributed by atoms with Gasteiger partial charge in [0, 0.05) is 6.54 Å². The molecule has 0 bridgehead atoms. The smallest absolute Gasteiger partial charge is 0.359 e. The third-order valence-electron chi connectivity index (χ3n) is 2.02. The van der Waals surface area contributed by atoms with Crippen molar-refractivity contribution in [1.29, 1.82) is 0 Å². The maximum atomic E-state index is 5.58. The van der Waals surface area contributed by atoms with Crippen LogP contribution in [-0.4, -0.2) is 25.8 Å². The van der Waals surface area contributed by atoms with Crippen molar-refractivity contribution in [3.63, 3.8) is 0 Å². The van der Waals surface area contributed by atoms with Crippen LogP contribution in [0.5, 0.6) is 0 Å². The SMILES string of the molecule is [B]c1ccc(CN(C[CH2-])C[CH2-])cc1.[CH3-].[Li+].